The fourth-order valence-electron chi connectivity index (χ4n) is 1.98. The Morgan fingerprint density at radius 2 is 1.79 bits per heavy atom. The van der Waals surface area contributed by atoms with Gasteiger partial charge in [-0.05, 0) is 35.7 Å². The molecule has 1 atom stereocenters. The number of hydrogen-bond donors (Lipinski definition) is 2. The van der Waals surface area contributed by atoms with Crippen LogP contribution in [0.5, 0.6) is 0 Å². The molecule has 0 fully saturated rings. The average molecular weight is 276 g/mol. The van der Waals surface area contributed by atoms with Gasteiger partial charge >= 0.3 is 5.97 Å². The van der Waals surface area contributed by atoms with Gasteiger partial charge in [-0.1, -0.05) is 41.9 Å². The van der Waals surface area contributed by atoms with Crippen molar-refractivity contribution in [3.63, 3.8) is 0 Å². The summed E-state index contributed by atoms with van der Waals surface area (Å²) in [6.07, 6.45) is 0.365. The van der Waals surface area contributed by atoms with Crippen LogP contribution in [0.1, 0.15) is 17.0 Å². The molecule has 4 heteroatoms. The van der Waals surface area contributed by atoms with Crippen LogP contribution in [0.4, 0.5) is 5.69 Å². The Bertz CT molecular complexity index is 581. The predicted octanol–water partition coefficient (Wildman–Crippen LogP) is 3.33. The molecule has 0 saturated carbocycles. The molecule has 0 aromatic heterocycles. The summed E-state index contributed by atoms with van der Waals surface area (Å²) in [7, 11) is 0. The number of benzene rings is 2. The third-order valence-corrected chi connectivity index (χ3v) is 3.30. The van der Waals surface area contributed by atoms with Crippen molar-refractivity contribution in [3.05, 3.63) is 64.7 Å². The van der Waals surface area contributed by atoms with Crippen LogP contribution in [0, 0.1) is 0 Å². The van der Waals surface area contributed by atoms with Crippen LogP contribution in [0.3, 0.4) is 0 Å². The van der Waals surface area contributed by atoms with Gasteiger partial charge in [-0.25, -0.2) is 0 Å². The molecule has 2 aromatic carbocycles. The van der Waals surface area contributed by atoms with Gasteiger partial charge in [0, 0.05) is 10.7 Å². The normalized spacial score (nSPS) is 12.1. The lowest BCUT2D eigenvalue weighted by Gasteiger charge is -2.14. The maximum absolute atomic E-state index is 11.4. The van der Waals surface area contributed by atoms with Gasteiger partial charge < -0.3 is 10.8 Å². The van der Waals surface area contributed by atoms with E-state index >= 15 is 0 Å². The van der Waals surface area contributed by atoms with Gasteiger partial charge in [-0.3, -0.25) is 4.79 Å². The van der Waals surface area contributed by atoms with E-state index in [1.54, 1.807) is 30.3 Å². The Morgan fingerprint density at radius 1 is 1.16 bits per heavy atom. The minimum Gasteiger partial charge on any atom is -0.481 e. The van der Waals surface area contributed by atoms with E-state index in [9.17, 15) is 9.90 Å². The van der Waals surface area contributed by atoms with Gasteiger partial charge in [0.25, 0.3) is 0 Å². The third-order valence-electron chi connectivity index (χ3n) is 3.05. The smallest absolute Gasteiger partial charge is 0.311 e. The second-order valence-corrected chi connectivity index (χ2v) is 4.78. The minimum atomic E-state index is -0.870. The first-order valence-corrected chi connectivity index (χ1v) is 6.27. The van der Waals surface area contributed by atoms with Crippen molar-refractivity contribution in [2.45, 2.75) is 12.3 Å². The Hall–Kier alpha value is -2.00. The van der Waals surface area contributed by atoms with Crippen molar-refractivity contribution < 1.29 is 9.90 Å². The van der Waals surface area contributed by atoms with Crippen LogP contribution < -0.4 is 5.73 Å². The standard InChI is InChI=1S/C15H14ClNO2/c16-12-7-5-10(6-8-12)13(15(18)19)9-11-3-1-2-4-14(11)17/h1-8,13H,9,17H2,(H,18,19). The van der Waals surface area contributed by atoms with E-state index in [2.05, 4.69) is 0 Å². The summed E-state index contributed by atoms with van der Waals surface area (Å²) in [5.41, 5.74) is 8.03. The van der Waals surface area contributed by atoms with E-state index in [-0.39, 0.29) is 0 Å². The van der Waals surface area contributed by atoms with Crippen molar-refractivity contribution >= 4 is 23.3 Å². The molecule has 19 heavy (non-hydrogen) atoms. The number of nitrogens with two attached hydrogens (primary N) is 1. The number of carboxylic acid groups (broad SMARTS) is 1. The fourth-order valence-corrected chi connectivity index (χ4v) is 2.11. The lowest BCUT2D eigenvalue weighted by Crippen LogP contribution is -2.15. The van der Waals surface area contributed by atoms with Gasteiger partial charge in [0.2, 0.25) is 0 Å². The topological polar surface area (TPSA) is 63.3 Å². The van der Waals surface area contributed by atoms with Crippen LogP contribution in [-0.2, 0) is 11.2 Å². The number of carbonyl (C=O) groups is 1. The first kappa shape index (κ1) is 13.4. The Balaban J connectivity index is 2.29. The van der Waals surface area contributed by atoms with Crippen LogP contribution in [-0.4, -0.2) is 11.1 Å². The molecule has 1 unspecified atom stereocenters. The zero-order valence-electron chi connectivity index (χ0n) is 10.2. The lowest BCUT2D eigenvalue weighted by molar-refractivity contribution is -0.138. The summed E-state index contributed by atoms with van der Waals surface area (Å²) in [6, 6.07) is 14.2. The number of hydrogen-bond acceptors (Lipinski definition) is 2. The Kier molecular flexibility index (Phi) is 4.07. The average Bonchev–Trinajstić information content (AvgIpc) is 2.39. The summed E-state index contributed by atoms with van der Waals surface area (Å²) in [5, 5.41) is 9.96. The summed E-state index contributed by atoms with van der Waals surface area (Å²) in [6.45, 7) is 0. The van der Waals surface area contributed by atoms with E-state index in [1.807, 2.05) is 18.2 Å². The monoisotopic (exact) mass is 275 g/mol. The Labute approximate surface area is 116 Å². The molecule has 0 aliphatic rings. The fraction of sp³-hybridized carbons (Fsp3) is 0.133. The van der Waals surface area contributed by atoms with Crippen molar-refractivity contribution in [1.82, 2.24) is 0 Å². The molecule has 0 aliphatic carbocycles. The summed E-state index contributed by atoms with van der Waals surface area (Å²) >= 11 is 5.81. The van der Waals surface area contributed by atoms with Crippen molar-refractivity contribution in [3.8, 4) is 0 Å². The van der Waals surface area contributed by atoms with Gasteiger partial charge in [0.15, 0.2) is 0 Å². The minimum absolute atomic E-state index is 0.365. The molecule has 0 aliphatic heterocycles. The number of aliphatic carboxylic acids is 1. The van der Waals surface area contributed by atoms with Crippen LogP contribution >= 0.6 is 11.6 Å². The Morgan fingerprint density at radius 3 is 2.37 bits per heavy atom. The van der Waals surface area contributed by atoms with Gasteiger partial charge in [-0.2, -0.15) is 0 Å². The molecule has 0 radical (unpaired) electrons. The number of nitrogen functional groups attached to an aromatic ring is 1. The molecular weight excluding hydrogens is 262 g/mol. The quantitative estimate of drug-likeness (QED) is 0.841. The second-order valence-electron chi connectivity index (χ2n) is 4.35. The summed E-state index contributed by atoms with van der Waals surface area (Å²) in [5.74, 6) is -1.49. The predicted molar refractivity (Wildman–Crippen MR) is 76.4 cm³/mol. The zero-order valence-corrected chi connectivity index (χ0v) is 11.0. The summed E-state index contributed by atoms with van der Waals surface area (Å²) < 4.78 is 0. The molecule has 0 heterocycles. The second kappa shape index (κ2) is 5.76. The highest BCUT2D eigenvalue weighted by molar-refractivity contribution is 6.30. The zero-order chi connectivity index (χ0) is 13.8. The van der Waals surface area contributed by atoms with E-state index in [0.29, 0.717) is 17.1 Å². The van der Waals surface area contributed by atoms with Crippen molar-refractivity contribution in [2.24, 2.45) is 0 Å². The maximum atomic E-state index is 11.4. The number of rotatable bonds is 4. The summed E-state index contributed by atoms with van der Waals surface area (Å²) in [4.78, 5) is 11.4. The molecule has 0 saturated heterocycles. The first-order chi connectivity index (χ1) is 9.08. The van der Waals surface area contributed by atoms with Gasteiger partial charge in [0.05, 0.1) is 5.92 Å². The maximum Gasteiger partial charge on any atom is 0.311 e. The van der Waals surface area contributed by atoms with Crippen LogP contribution in [0.15, 0.2) is 48.5 Å². The highest BCUT2D eigenvalue weighted by atomic mass is 35.5. The third kappa shape index (κ3) is 3.26. The van der Waals surface area contributed by atoms with Crippen molar-refractivity contribution in [1.29, 1.82) is 0 Å². The highest BCUT2D eigenvalue weighted by Gasteiger charge is 2.21. The molecule has 0 spiro atoms. The molecule has 2 rings (SSSR count). The van der Waals surface area contributed by atoms with Gasteiger partial charge in [0.1, 0.15) is 0 Å². The van der Waals surface area contributed by atoms with E-state index in [4.69, 9.17) is 17.3 Å². The molecule has 98 valence electrons. The molecular formula is C15H14ClNO2. The van der Waals surface area contributed by atoms with Crippen LogP contribution in [0.25, 0.3) is 0 Å². The molecule has 0 bridgehead atoms. The SMILES string of the molecule is Nc1ccccc1CC(C(=O)O)c1ccc(Cl)cc1. The van der Waals surface area contributed by atoms with Crippen LogP contribution in [0.2, 0.25) is 5.02 Å². The highest BCUT2D eigenvalue weighted by Crippen LogP contribution is 2.25. The number of halogens is 1. The largest absolute Gasteiger partial charge is 0.481 e. The molecule has 2 aromatic rings. The van der Waals surface area contributed by atoms with Gasteiger partial charge in [-0.15, -0.1) is 0 Å². The number of carboxylic acids is 1. The van der Waals surface area contributed by atoms with E-state index in [0.717, 1.165) is 11.1 Å². The van der Waals surface area contributed by atoms with E-state index < -0.39 is 11.9 Å². The number of anilines is 1. The number of para-hydroxylation sites is 1. The first-order valence-electron chi connectivity index (χ1n) is 5.89. The molecule has 3 N–H and O–H groups in total. The van der Waals surface area contributed by atoms with E-state index in [1.165, 1.54) is 0 Å². The molecule has 0 amide bonds. The lowest BCUT2D eigenvalue weighted by atomic mass is 9.91. The van der Waals surface area contributed by atoms with Crippen molar-refractivity contribution in [2.75, 3.05) is 5.73 Å². The molecule has 3 nitrogen and oxygen atoms in total.